The second-order valence-electron chi connectivity index (χ2n) is 5.11. The van der Waals surface area contributed by atoms with Gasteiger partial charge in [-0.25, -0.2) is 9.50 Å². The maximum absolute atomic E-state index is 12.2. The first-order valence-electron chi connectivity index (χ1n) is 7.06. The largest absolute Gasteiger partial charge is 0.309 e. The Morgan fingerprint density at radius 1 is 1.13 bits per heavy atom. The van der Waals surface area contributed by atoms with Gasteiger partial charge in [-0.15, -0.1) is 5.10 Å². The number of rotatable bonds is 4. The number of aryl methyl sites for hydroxylation is 2. The van der Waals surface area contributed by atoms with Crippen molar-refractivity contribution in [2.45, 2.75) is 13.8 Å². The van der Waals surface area contributed by atoms with E-state index < -0.39 is 5.91 Å². The van der Waals surface area contributed by atoms with Gasteiger partial charge in [0, 0.05) is 11.4 Å². The fourth-order valence-electron chi connectivity index (χ4n) is 2.16. The Labute approximate surface area is 133 Å². The lowest BCUT2D eigenvalue weighted by atomic mass is 10.2. The molecule has 0 saturated heterocycles. The van der Waals surface area contributed by atoms with Gasteiger partial charge in [0.2, 0.25) is 5.82 Å². The van der Waals surface area contributed by atoms with Crippen LogP contribution in [0.3, 0.4) is 0 Å². The van der Waals surface area contributed by atoms with Crippen molar-refractivity contribution < 1.29 is 4.79 Å². The third-order valence-electron chi connectivity index (χ3n) is 3.27. The molecule has 116 valence electrons. The SMILES string of the molecule is C=C(NNC(=O)c1nc2nc(C)cc(C)n2n1)c1ccccc1. The molecule has 3 aromatic rings. The van der Waals surface area contributed by atoms with E-state index in [9.17, 15) is 4.79 Å². The summed E-state index contributed by atoms with van der Waals surface area (Å²) in [6.45, 7) is 7.63. The normalized spacial score (nSPS) is 10.5. The fraction of sp³-hybridized carbons (Fsp3) is 0.125. The van der Waals surface area contributed by atoms with E-state index in [2.05, 4.69) is 32.5 Å². The quantitative estimate of drug-likeness (QED) is 0.716. The summed E-state index contributed by atoms with van der Waals surface area (Å²) in [7, 11) is 0. The highest BCUT2D eigenvalue weighted by atomic mass is 16.2. The minimum Gasteiger partial charge on any atom is -0.298 e. The predicted octanol–water partition coefficient (Wildman–Crippen LogP) is 1.65. The molecular weight excluding hydrogens is 292 g/mol. The van der Waals surface area contributed by atoms with E-state index in [1.54, 1.807) is 0 Å². The van der Waals surface area contributed by atoms with E-state index in [0.29, 0.717) is 11.5 Å². The minimum absolute atomic E-state index is 0.0413. The molecule has 3 rings (SSSR count). The van der Waals surface area contributed by atoms with Crippen LogP contribution >= 0.6 is 0 Å². The summed E-state index contributed by atoms with van der Waals surface area (Å²) < 4.78 is 1.54. The number of hydrogen-bond acceptors (Lipinski definition) is 5. The third-order valence-corrected chi connectivity index (χ3v) is 3.27. The van der Waals surface area contributed by atoms with Gasteiger partial charge in [0.15, 0.2) is 0 Å². The van der Waals surface area contributed by atoms with Gasteiger partial charge in [-0.1, -0.05) is 36.9 Å². The summed E-state index contributed by atoms with van der Waals surface area (Å²) in [5.41, 5.74) is 8.44. The summed E-state index contributed by atoms with van der Waals surface area (Å²) in [6.07, 6.45) is 0. The molecule has 2 aromatic heterocycles. The van der Waals surface area contributed by atoms with Crippen LogP contribution in [0.5, 0.6) is 0 Å². The van der Waals surface area contributed by atoms with Crippen LogP contribution in [0.2, 0.25) is 0 Å². The number of amides is 1. The van der Waals surface area contributed by atoms with Gasteiger partial charge < -0.3 is 0 Å². The zero-order chi connectivity index (χ0) is 16.4. The summed E-state index contributed by atoms with van der Waals surface area (Å²) in [5, 5.41) is 4.17. The van der Waals surface area contributed by atoms with Gasteiger partial charge in [0.05, 0.1) is 5.70 Å². The van der Waals surface area contributed by atoms with Crippen LogP contribution in [-0.4, -0.2) is 25.5 Å². The molecule has 0 bridgehead atoms. The van der Waals surface area contributed by atoms with Crippen LogP contribution in [0.1, 0.15) is 27.6 Å². The molecule has 0 atom stereocenters. The van der Waals surface area contributed by atoms with Crippen LogP contribution in [0, 0.1) is 13.8 Å². The molecule has 7 nitrogen and oxygen atoms in total. The number of fused-ring (bicyclic) bond motifs is 1. The van der Waals surface area contributed by atoms with Crippen molar-refractivity contribution in [3.8, 4) is 0 Å². The van der Waals surface area contributed by atoms with Crippen LogP contribution in [0.4, 0.5) is 0 Å². The maximum atomic E-state index is 12.2. The molecule has 0 aliphatic heterocycles. The van der Waals surface area contributed by atoms with Gasteiger partial charge in [-0.2, -0.15) is 4.98 Å². The number of hydrogen-bond donors (Lipinski definition) is 2. The standard InChI is InChI=1S/C16H16N6O/c1-10-9-11(2)22-16(17-10)18-14(21-22)15(23)20-19-12(3)13-7-5-4-6-8-13/h4-9,19H,3H2,1-2H3,(H,20,23). The zero-order valence-corrected chi connectivity index (χ0v) is 12.9. The van der Waals surface area contributed by atoms with Crippen molar-refractivity contribution in [2.75, 3.05) is 0 Å². The molecule has 0 saturated carbocycles. The van der Waals surface area contributed by atoms with E-state index in [0.717, 1.165) is 17.0 Å². The summed E-state index contributed by atoms with van der Waals surface area (Å²) in [4.78, 5) is 20.6. The Kier molecular flexibility index (Phi) is 3.76. The Bertz CT molecular complexity index is 884. The average Bonchev–Trinajstić information content (AvgIpc) is 2.97. The fourth-order valence-corrected chi connectivity index (χ4v) is 2.16. The highest BCUT2D eigenvalue weighted by Gasteiger charge is 2.15. The molecule has 23 heavy (non-hydrogen) atoms. The van der Waals surface area contributed by atoms with Gasteiger partial charge >= 0.3 is 5.91 Å². The van der Waals surface area contributed by atoms with Crippen LogP contribution in [-0.2, 0) is 0 Å². The van der Waals surface area contributed by atoms with Crippen LogP contribution < -0.4 is 10.9 Å². The molecule has 2 heterocycles. The molecule has 2 N–H and O–H groups in total. The second-order valence-corrected chi connectivity index (χ2v) is 5.11. The Hall–Kier alpha value is -3.22. The van der Waals surface area contributed by atoms with Gasteiger partial charge in [0.1, 0.15) is 0 Å². The first-order valence-corrected chi connectivity index (χ1v) is 7.06. The molecule has 0 unspecified atom stereocenters. The van der Waals surface area contributed by atoms with E-state index in [-0.39, 0.29) is 5.82 Å². The molecule has 0 fully saturated rings. The number of nitrogens with one attached hydrogen (secondary N) is 2. The molecule has 0 aliphatic carbocycles. The van der Waals surface area contributed by atoms with Crippen LogP contribution in [0.15, 0.2) is 43.0 Å². The number of carbonyl (C=O) groups is 1. The first-order chi connectivity index (χ1) is 11.0. The average molecular weight is 308 g/mol. The summed E-state index contributed by atoms with van der Waals surface area (Å²) in [6, 6.07) is 11.3. The van der Waals surface area contributed by atoms with Crippen molar-refractivity contribution in [2.24, 2.45) is 0 Å². The van der Waals surface area contributed by atoms with Crippen LogP contribution in [0.25, 0.3) is 11.5 Å². The van der Waals surface area contributed by atoms with E-state index in [1.807, 2.05) is 50.2 Å². The van der Waals surface area contributed by atoms with Crippen molar-refractivity contribution in [3.05, 3.63) is 65.8 Å². The molecule has 1 amide bonds. The lowest BCUT2D eigenvalue weighted by Crippen LogP contribution is -2.36. The smallest absolute Gasteiger partial charge is 0.298 e. The molecule has 1 aromatic carbocycles. The Morgan fingerprint density at radius 3 is 2.61 bits per heavy atom. The molecule has 0 aliphatic rings. The van der Waals surface area contributed by atoms with Crippen molar-refractivity contribution in [3.63, 3.8) is 0 Å². The number of aromatic nitrogens is 4. The third kappa shape index (κ3) is 3.03. The molecule has 0 spiro atoms. The highest BCUT2D eigenvalue weighted by Crippen LogP contribution is 2.08. The summed E-state index contributed by atoms with van der Waals surface area (Å²) in [5.74, 6) is -0.0151. The monoisotopic (exact) mass is 308 g/mol. The van der Waals surface area contributed by atoms with Gasteiger partial charge in [0.25, 0.3) is 5.78 Å². The highest BCUT2D eigenvalue weighted by molar-refractivity contribution is 5.91. The van der Waals surface area contributed by atoms with E-state index >= 15 is 0 Å². The van der Waals surface area contributed by atoms with Crippen molar-refractivity contribution in [1.82, 2.24) is 30.4 Å². The van der Waals surface area contributed by atoms with Gasteiger partial charge in [-0.05, 0) is 25.5 Å². The number of hydrazine groups is 1. The molecular formula is C16H16N6O. The number of nitrogens with zero attached hydrogens (tertiary/aromatic N) is 4. The number of carbonyl (C=O) groups excluding carboxylic acids is 1. The summed E-state index contributed by atoms with van der Waals surface area (Å²) >= 11 is 0. The second kappa shape index (κ2) is 5.88. The molecule has 0 radical (unpaired) electrons. The predicted molar refractivity (Wildman–Crippen MR) is 86.3 cm³/mol. The van der Waals surface area contributed by atoms with Gasteiger partial charge in [-0.3, -0.25) is 15.6 Å². The zero-order valence-electron chi connectivity index (χ0n) is 12.9. The van der Waals surface area contributed by atoms with E-state index in [1.165, 1.54) is 4.52 Å². The van der Waals surface area contributed by atoms with E-state index in [4.69, 9.17) is 0 Å². The first kappa shape index (κ1) is 14.7. The lowest BCUT2D eigenvalue weighted by molar-refractivity contribution is 0.0932. The molecule has 7 heteroatoms. The van der Waals surface area contributed by atoms with Crippen molar-refractivity contribution in [1.29, 1.82) is 0 Å². The topological polar surface area (TPSA) is 84.2 Å². The lowest BCUT2D eigenvalue weighted by Gasteiger charge is -2.09. The minimum atomic E-state index is -0.454. The van der Waals surface area contributed by atoms with Crippen molar-refractivity contribution >= 4 is 17.4 Å². The Morgan fingerprint density at radius 2 is 1.87 bits per heavy atom. The maximum Gasteiger partial charge on any atom is 0.309 e. The Balaban J connectivity index is 1.74. The number of benzene rings is 1.